The molecule has 92 valence electrons. The van der Waals surface area contributed by atoms with Crippen LogP contribution in [0.2, 0.25) is 0 Å². The van der Waals surface area contributed by atoms with Crippen LogP contribution >= 0.6 is 15.9 Å². The molecule has 3 rings (SSSR count). The summed E-state index contributed by atoms with van der Waals surface area (Å²) in [5, 5.41) is 2.18. The lowest BCUT2D eigenvalue weighted by Gasteiger charge is -2.12. The van der Waals surface area contributed by atoms with Crippen molar-refractivity contribution < 1.29 is 4.79 Å². The van der Waals surface area contributed by atoms with Crippen molar-refractivity contribution in [3.63, 3.8) is 0 Å². The average molecular weight is 303 g/mol. The molecule has 0 bridgehead atoms. The lowest BCUT2D eigenvalue weighted by molar-refractivity contribution is 0.0918. The van der Waals surface area contributed by atoms with Gasteiger partial charge in [0.05, 0.1) is 0 Å². The van der Waals surface area contributed by atoms with Crippen LogP contribution in [0, 0.1) is 11.8 Å². The quantitative estimate of drug-likeness (QED) is 0.742. The molecule has 0 N–H and O–H groups in total. The Morgan fingerprint density at radius 1 is 1.17 bits per heavy atom. The van der Waals surface area contributed by atoms with Gasteiger partial charge in [0.2, 0.25) is 0 Å². The highest BCUT2D eigenvalue weighted by Crippen LogP contribution is 2.39. The van der Waals surface area contributed by atoms with Crippen LogP contribution in [0.3, 0.4) is 0 Å². The van der Waals surface area contributed by atoms with Gasteiger partial charge in [-0.05, 0) is 41.7 Å². The van der Waals surface area contributed by atoms with Gasteiger partial charge in [0.15, 0.2) is 5.78 Å². The number of fused-ring (bicyclic) bond motifs is 1. The first-order valence-electron chi connectivity index (χ1n) is 6.40. The number of rotatable bonds is 3. The maximum atomic E-state index is 12.5. The Morgan fingerprint density at radius 2 is 1.83 bits per heavy atom. The first kappa shape index (κ1) is 11.9. The summed E-state index contributed by atoms with van der Waals surface area (Å²) >= 11 is 3.55. The Morgan fingerprint density at radius 3 is 2.50 bits per heavy atom. The molecule has 0 aromatic heterocycles. The number of ketones is 1. The fraction of sp³-hybridized carbons (Fsp3) is 0.312. The van der Waals surface area contributed by atoms with E-state index in [-0.39, 0.29) is 5.92 Å². The number of benzene rings is 2. The summed E-state index contributed by atoms with van der Waals surface area (Å²) in [4.78, 5) is 12.5. The third-order valence-electron chi connectivity index (χ3n) is 3.88. The molecule has 1 atom stereocenters. The summed E-state index contributed by atoms with van der Waals surface area (Å²) in [7, 11) is 0. The van der Waals surface area contributed by atoms with Crippen LogP contribution < -0.4 is 0 Å². The molecule has 1 unspecified atom stereocenters. The summed E-state index contributed by atoms with van der Waals surface area (Å²) in [6.45, 7) is 2.07. The highest BCUT2D eigenvalue weighted by molar-refractivity contribution is 9.10. The Balaban J connectivity index is 2.11. The van der Waals surface area contributed by atoms with Gasteiger partial charge >= 0.3 is 0 Å². The third kappa shape index (κ3) is 1.99. The molecule has 2 aromatic carbocycles. The van der Waals surface area contributed by atoms with Crippen molar-refractivity contribution in [2.24, 2.45) is 11.8 Å². The number of halogens is 1. The van der Waals surface area contributed by atoms with Gasteiger partial charge in [-0.15, -0.1) is 0 Å². The van der Waals surface area contributed by atoms with E-state index in [1.807, 2.05) is 30.3 Å². The van der Waals surface area contributed by atoms with Gasteiger partial charge in [-0.2, -0.15) is 0 Å². The van der Waals surface area contributed by atoms with Crippen molar-refractivity contribution in [2.45, 2.75) is 19.8 Å². The highest BCUT2D eigenvalue weighted by atomic mass is 79.9. The molecular weight excluding hydrogens is 288 g/mol. The van der Waals surface area contributed by atoms with Crippen molar-refractivity contribution in [3.8, 4) is 0 Å². The van der Waals surface area contributed by atoms with E-state index in [0.29, 0.717) is 11.7 Å². The summed E-state index contributed by atoms with van der Waals surface area (Å²) in [6, 6.07) is 12.0. The van der Waals surface area contributed by atoms with Crippen LogP contribution in [0.1, 0.15) is 30.1 Å². The minimum atomic E-state index is 0.162. The first-order valence-corrected chi connectivity index (χ1v) is 7.19. The predicted octanol–water partition coefficient (Wildman–Crippen LogP) is 4.83. The molecule has 0 heterocycles. The molecule has 1 saturated carbocycles. The van der Waals surface area contributed by atoms with Crippen LogP contribution in [0.15, 0.2) is 40.9 Å². The molecule has 1 aliphatic rings. The number of hydrogen-bond acceptors (Lipinski definition) is 1. The molecule has 1 aliphatic carbocycles. The van der Waals surface area contributed by atoms with Crippen molar-refractivity contribution >= 4 is 32.5 Å². The van der Waals surface area contributed by atoms with Crippen LogP contribution in [-0.4, -0.2) is 5.78 Å². The second-order valence-corrected chi connectivity index (χ2v) is 5.99. The van der Waals surface area contributed by atoms with Gasteiger partial charge in [-0.3, -0.25) is 4.79 Å². The lowest BCUT2D eigenvalue weighted by atomic mass is 9.92. The number of carbonyl (C=O) groups is 1. The molecule has 1 fully saturated rings. The molecular formula is C16H15BrO. The van der Waals surface area contributed by atoms with Crippen LogP contribution in [0.4, 0.5) is 0 Å². The van der Waals surface area contributed by atoms with Crippen molar-refractivity contribution in [1.29, 1.82) is 0 Å². The Kier molecular flexibility index (Phi) is 2.98. The van der Waals surface area contributed by atoms with Gasteiger partial charge in [0.25, 0.3) is 0 Å². The minimum Gasteiger partial charge on any atom is -0.294 e. The number of carbonyl (C=O) groups excluding carboxylic acids is 1. The lowest BCUT2D eigenvalue weighted by Crippen LogP contribution is -2.13. The van der Waals surface area contributed by atoms with E-state index in [0.717, 1.165) is 20.8 Å². The molecule has 2 aromatic rings. The van der Waals surface area contributed by atoms with E-state index in [4.69, 9.17) is 0 Å². The van der Waals surface area contributed by atoms with Gasteiger partial charge in [-0.25, -0.2) is 0 Å². The minimum absolute atomic E-state index is 0.162. The van der Waals surface area contributed by atoms with Gasteiger partial charge < -0.3 is 0 Å². The van der Waals surface area contributed by atoms with Crippen LogP contribution in [-0.2, 0) is 0 Å². The van der Waals surface area contributed by atoms with Crippen molar-refractivity contribution in [2.75, 3.05) is 0 Å². The highest BCUT2D eigenvalue weighted by Gasteiger charge is 2.33. The fourth-order valence-electron chi connectivity index (χ4n) is 2.53. The Hall–Kier alpha value is -1.15. The third-order valence-corrected chi connectivity index (χ3v) is 4.57. The normalized spacial score (nSPS) is 16.8. The largest absolute Gasteiger partial charge is 0.294 e. The number of Topliss-reactive ketones (excluding diaryl/α,β-unsaturated/α-hetero) is 1. The Bertz CT molecular complexity index is 614. The second-order valence-electron chi connectivity index (χ2n) is 5.13. The maximum Gasteiger partial charge on any atom is 0.166 e. The molecule has 1 nitrogen and oxygen atoms in total. The van der Waals surface area contributed by atoms with E-state index < -0.39 is 0 Å². The van der Waals surface area contributed by atoms with Crippen LogP contribution in [0.5, 0.6) is 0 Å². The van der Waals surface area contributed by atoms with E-state index in [1.54, 1.807) is 0 Å². The standard InChI is InChI=1S/C16H15BrO/c1-10(11-6-7-11)16(18)14-8-9-15(17)13-5-3-2-4-12(13)14/h2-5,8-11H,6-7H2,1H3. The fourth-order valence-corrected chi connectivity index (χ4v) is 3.01. The van der Waals surface area contributed by atoms with E-state index in [1.165, 1.54) is 12.8 Å². The van der Waals surface area contributed by atoms with E-state index in [9.17, 15) is 4.79 Å². The summed E-state index contributed by atoms with van der Waals surface area (Å²) < 4.78 is 1.05. The smallest absolute Gasteiger partial charge is 0.166 e. The maximum absolute atomic E-state index is 12.5. The second kappa shape index (κ2) is 4.51. The first-order chi connectivity index (χ1) is 8.68. The molecule has 18 heavy (non-hydrogen) atoms. The van der Waals surface area contributed by atoms with E-state index in [2.05, 4.69) is 28.9 Å². The Labute approximate surface area is 115 Å². The molecule has 0 saturated heterocycles. The van der Waals surface area contributed by atoms with E-state index >= 15 is 0 Å². The topological polar surface area (TPSA) is 17.1 Å². The van der Waals surface area contributed by atoms with Crippen LogP contribution in [0.25, 0.3) is 10.8 Å². The molecule has 2 heteroatoms. The zero-order chi connectivity index (χ0) is 12.7. The SMILES string of the molecule is CC(C(=O)c1ccc(Br)c2ccccc12)C1CC1. The summed E-state index contributed by atoms with van der Waals surface area (Å²) in [5.41, 5.74) is 0.869. The molecule has 0 aliphatic heterocycles. The van der Waals surface area contributed by atoms with Crippen molar-refractivity contribution in [3.05, 3.63) is 46.4 Å². The van der Waals surface area contributed by atoms with Crippen molar-refractivity contribution in [1.82, 2.24) is 0 Å². The molecule has 0 amide bonds. The van der Waals surface area contributed by atoms with Gasteiger partial charge in [-0.1, -0.05) is 47.1 Å². The summed E-state index contributed by atoms with van der Waals surface area (Å²) in [6.07, 6.45) is 2.42. The zero-order valence-corrected chi connectivity index (χ0v) is 11.9. The van der Waals surface area contributed by atoms with Gasteiger partial charge in [0.1, 0.15) is 0 Å². The predicted molar refractivity (Wildman–Crippen MR) is 77.9 cm³/mol. The monoisotopic (exact) mass is 302 g/mol. The molecule has 0 radical (unpaired) electrons. The van der Waals surface area contributed by atoms with Gasteiger partial charge in [0, 0.05) is 16.0 Å². The summed E-state index contributed by atoms with van der Waals surface area (Å²) in [5.74, 6) is 1.07. The molecule has 0 spiro atoms. The average Bonchev–Trinajstić information content (AvgIpc) is 3.22. The number of hydrogen-bond donors (Lipinski definition) is 0. The zero-order valence-electron chi connectivity index (χ0n) is 10.3.